The summed E-state index contributed by atoms with van der Waals surface area (Å²) in [6.07, 6.45) is 2.58. The van der Waals surface area contributed by atoms with Crippen molar-refractivity contribution in [2.45, 2.75) is 6.42 Å². The summed E-state index contributed by atoms with van der Waals surface area (Å²) in [6, 6.07) is 20.2. The van der Waals surface area contributed by atoms with E-state index in [-0.39, 0.29) is 0 Å². The minimum absolute atomic E-state index is 0.652. The first-order valence-corrected chi connectivity index (χ1v) is 7.47. The molecule has 110 valence electrons. The monoisotopic (exact) mass is 309 g/mol. The fraction of sp³-hybridized carbons (Fsp3) is 0.105. The molecular weight excluding hydrogens is 294 g/mol. The Hall–Kier alpha value is -2.32. The summed E-state index contributed by atoms with van der Waals surface area (Å²) in [6.45, 7) is 0. The van der Waals surface area contributed by atoms with Crippen molar-refractivity contribution >= 4 is 11.6 Å². The minimum Gasteiger partial charge on any atom is -0.481 e. The van der Waals surface area contributed by atoms with Gasteiger partial charge in [-0.15, -0.1) is 0 Å². The number of hydrogen-bond donors (Lipinski definition) is 0. The van der Waals surface area contributed by atoms with Crippen molar-refractivity contribution in [1.82, 2.24) is 4.98 Å². The van der Waals surface area contributed by atoms with E-state index in [1.807, 2.05) is 42.6 Å². The first-order chi connectivity index (χ1) is 10.8. The van der Waals surface area contributed by atoms with E-state index in [0.29, 0.717) is 5.88 Å². The topological polar surface area (TPSA) is 22.1 Å². The van der Waals surface area contributed by atoms with Gasteiger partial charge in [-0.3, -0.25) is 0 Å². The van der Waals surface area contributed by atoms with Gasteiger partial charge in [-0.05, 0) is 29.3 Å². The molecule has 0 bridgehead atoms. The minimum atomic E-state index is 0.652. The summed E-state index contributed by atoms with van der Waals surface area (Å²) in [4.78, 5) is 4.44. The van der Waals surface area contributed by atoms with E-state index >= 15 is 0 Å². The number of rotatable bonds is 4. The van der Waals surface area contributed by atoms with Crippen LogP contribution in [0.3, 0.4) is 0 Å². The molecule has 0 aliphatic carbocycles. The molecule has 3 heteroatoms. The maximum atomic E-state index is 6.07. The second-order valence-electron chi connectivity index (χ2n) is 5.07. The number of benzene rings is 2. The number of nitrogens with zero attached hydrogens (tertiary/aromatic N) is 1. The molecule has 0 unspecified atom stereocenters. The van der Waals surface area contributed by atoms with Gasteiger partial charge >= 0.3 is 0 Å². The van der Waals surface area contributed by atoms with E-state index in [0.717, 1.165) is 33.7 Å². The number of aromatic nitrogens is 1. The van der Waals surface area contributed by atoms with Gasteiger partial charge in [0.25, 0.3) is 0 Å². The van der Waals surface area contributed by atoms with Crippen molar-refractivity contribution in [1.29, 1.82) is 0 Å². The highest BCUT2D eigenvalue weighted by atomic mass is 35.5. The molecule has 0 N–H and O–H groups in total. The van der Waals surface area contributed by atoms with Crippen LogP contribution in [0.1, 0.15) is 11.1 Å². The van der Waals surface area contributed by atoms with Crippen LogP contribution in [-0.4, -0.2) is 12.1 Å². The molecule has 22 heavy (non-hydrogen) atoms. The first-order valence-electron chi connectivity index (χ1n) is 7.09. The second-order valence-corrected chi connectivity index (χ2v) is 5.50. The molecule has 0 spiro atoms. The molecular formula is C19H16ClNO. The fourth-order valence-corrected chi connectivity index (χ4v) is 2.68. The van der Waals surface area contributed by atoms with Crippen LogP contribution in [0, 0.1) is 0 Å². The van der Waals surface area contributed by atoms with Crippen LogP contribution in [-0.2, 0) is 6.42 Å². The molecule has 2 nitrogen and oxygen atoms in total. The molecule has 0 saturated heterocycles. The average molecular weight is 310 g/mol. The van der Waals surface area contributed by atoms with Crippen LogP contribution in [0.2, 0.25) is 5.02 Å². The summed E-state index contributed by atoms with van der Waals surface area (Å²) in [7, 11) is 1.64. The first kappa shape index (κ1) is 14.6. The highest BCUT2D eigenvalue weighted by molar-refractivity contribution is 6.30. The van der Waals surface area contributed by atoms with Crippen molar-refractivity contribution < 1.29 is 4.74 Å². The fourth-order valence-electron chi connectivity index (χ4n) is 2.46. The molecule has 0 radical (unpaired) electrons. The second kappa shape index (κ2) is 6.63. The van der Waals surface area contributed by atoms with Gasteiger partial charge in [-0.25, -0.2) is 4.98 Å². The normalized spacial score (nSPS) is 10.5. The van der Waals surface area contributed by atoms with E-state index in [1.54, 1.807) is 7.11 Å². The van der Waals surface area contributed by atoms with Crippen molar-refractivity contribution in [3.8, 4) is 17.0 Å². The maximum Gasteiger partial charge on any atom is 0.216 e. The zero-order valence-corrected chi connectivity index (χ0v) is 13.0. The Bertz CT molecular complexity index is 771. The third-order valence-corrected chi connectivity index (χ3v) is 3.74. The van der Waals surface area contributed by atoms with E-state index in [2.05, 4.69) is 29.2 Å². The number of hydrogen-bond acceptors (Lipinski definition) is 2. The lowest BCUT2D eigenvalue weighted by Crippen LogP contribution is -1.97. The van der Waals surface area contributed by atoms with Gasteiger partial charge in [0.05, 0.1) is 7.11 Å². The Morgan fingerprint density at radius 3 is 2.50 bits per heavy atom. The summed E-state index contributed by atoms with van der Waals surface area (Å²) >= 11 is 6.07. The molecule has 0 atom stereocenters. The molecule has 2 aromatic carbocycles. The highest BCUT2D eigenvalue weighted by Crippen LogP contribution is 2.26. The number of pyridine rings is 1. The zero-order chi connectivity index (χ0) is 15.4. The van der Waals surface area contributed by atoms with Crippen LogP contribution in [0.15, 0.2) is 66.9 Å². The van der Waals surface area contributed by atoms with Crippen LogP contribution in [0.5, 0.6) is 5.88 Å². The SMILES string of the molecule is COc1ncc(-c2ccccc2)cc1Cc1cccc(Cl)c1. The van der Waals surface area contributed by atoms with Crippen LogP contribution < -0.4 is 4.74 Å². The van der Waals surface area contributed by atoms with Gasteiger partial charge in [0.1, 0.15) is 0 Å². The smallest absolute Gasteiger partial charge is 0.216 e. The Morgan fingerprint density at radius 2 is 1.77 bits per heavy atom. The molecule has 1 aromatic heterocycles. The largest absolute Gasteiger partial charge is 0.481 e. The van der Waals surface area contributed by atoms with Crippen molar-refractivity contribution in [3.05, 3.63) is 83.0 Å². The highest BCUT2D eigenvalue weighted by Gasteiger charge is 2.09. The summed E-state index contributed by atoms with van der Waals surface area (Å²) in [5, 5.41) is 0.739. The number of ether oxygens (including phenoxy) is 1. The average Bonchev–Trinajstić information content (AvgIpc) is 2.56. The third-order valence-electron chi connectivity index (χ3n) is 3.51. The Kier molecular flexibility index (Phi) is 4.40. The van der Waals surface area contributed by atoms with Crippen molar-refractivity contribution in [2.24, 2.45) is 0 Å². The van der Waals surface area contributed by atoms with Crippen LogP contribution >= 0.6 is 11.6 Å². The van der Waals surface area contributed by atoms with Gasteiger partial charge in [-0.1, -0.05) is 54.1 Å². The molecule has 3 aromatic rings. The van der Waals surface area contributed by atoms with E-state index in [9.17, 15) is 0 Å². The molecule has 0 amide bonds. The van der Waals surface area contributed by atoms with E-state index in [1.165, 1.54) is 0 Å². The van der Waals surface area contributed by atoms with Gasteiger partial charge in [0.15, 0.2) is 0 Å². The molecule has 0 fully saturated rings. The van der Waals surface area contributed by atoms with E-state index in [4.69, 9.17) is 16.3 Å². The third kappa shape index (κ3) is 3.29. The lowest BCUT2D eigenvalue weighted by atomic mass is 10.0. The maximum absolute atomic E-state index is 6.07. The molecule has 0 saturated carbocycles. The summed E-state index contributed by atoms with van der Waals surface area (Å²) < 4.78 is 5.39. The quantitative estimate of drug-likeness (QED) is 0.676. The van der Waals surface area contributed by atoms with Crippen molar-refractivity contribution in [3.63, 3.8) is 0 Å². The summed E-state index contributed by atoms with van der Waals surface area (Å²) in [5.74, 6) is 0.652. The Labute approximate surface area is 135 Å². The predicted octanol–water partition coefficient (Wildman–Crippen LogP) is 5.00. The number of halogens is 1. The summed E-state index contributed by atoms with van der Waals surface area (Å²) in [5.41, 5.74) is 4.41. The van der Waals surface area contributed by atoms with Gasteiger partial charge < -0.3 is 4.74 Å². The standard InChI is InChI=1S/C19H16ClNO/c1-22-19-16(10-14-6-5-9-18(20)11-14)12-17(13-21-19)15-7-3-2-4-8-15/h2-9,11-13H,10H2,1H3. The van der Waals surface area contributed by atoms with Crippen LogP contribution in [0.4, 0.5) is 0 Å². The predicted molar refractivity (Wildman–Crippen MR) is 90.5 cm³/mol. The lowest BCUT2D eigenvalue weighted by Gasteiger charge is -2.10. The van der Waals surface area contributed by atoms with Gasteiger partial charge in [-0.2, -0.15) is 0 Å². The van der Waals surface area contributed by atoms with Crippen molar-refractivity contribution in [2.75, 3.05) is 7.11 Å². The number of methoxy groups -OCH3 is 1. The Morgan fingerprint density at radius 1 is 0.955 bits per heavy atom. The molecule has 0 aliphatic rings. The van der Waals surface area contributed by atoms with Gasteiger partial charge in [0.2, 0.25) is 5.88 Å². The lowest BCUT2D eigenvalue weighted by molar-refractivity contribution is 0.393. The molecule has 0 aliphatic heterocycles. The van der Waals surface area contributed by atoms with Crippen LogP contribution in [0.25, 0.3) is 11.1 Å². The Balaban J connectivity index is 1.98. The molecule has 1 heterocycles. The zero-order valence-electron chi connectivity index (χ0n) is 12.3. The van der Waals surface area contributed by atoms with Gasteiger partial charge in [0, 0.05) is 28.8 Å². The molecule has 3 rings (SSSR count). The van der Waals surface area contributed by atoms with E-state index < -0.39 is 0 Å².